The Bertz CT molecular complexity index is 1240. The number of nitrogens with zero attached hydrogens (tertiary/aromatic N) is 2. The SMILES string of the molecule is COc1ccc(Oc2cc(-c3cccc(C(=O)NCc4cccc(OC)c4)c3)ncn2)cc1. The number of benzene rings is 3. The minimum absolute atomic E-state index is 0.177. The number of amides is 1. The third-order valence-electron chi connectivity index (χ3n) is 4.93. The van der Waals surface area contributed by atoms with E-state index >= 15 is 0 Å². The summed E-state index contributed by atoms with van der Waals surface area (Å²) in [4.78, 5) is 21.2. The van der Waals surface area contributed by atoms with E-state index in [0.717, 1.165) is 22.6 Å². The molecule has 33 heavy (non-hydrogen) atoms. The number of carbonyl (C=O) groups excluding carboxylic acids is 1. The van der Waals surface area contributed by atoms with Gasteiger partial charge in [-0.05, 0) is 54.1 Å². The molecule has 4 rings (SSSR count). The Hall–Kier alpha value is -4.39. The molecule has 0 aliphatic rings. The molecule has 0 aliphatic carbocycles. The fourth-order valence-corrected chi connectivity index (χ4v) is 3.20. The molecule has 0 saturated heterocycles. The summed E-state index contributed by atoms with van der Waals surface area (Å²) < 4.78 is 16.2. The van der Waals surface area contributed by atoms with Crippen LogP contribution in [0, 0.1) is 0 Å². The van der Waals surface area contributed by atoms with Gasteiger partial charge >= 0.3 is 0 Å². The average molecular weight is 441 g/mol. The van der Waals surface area contributed by atoms with Gasteiger partial charge in [-0.3, -0.25) is 4.79 Å². The molecule has 4 aromatic rings. The fraction of sp³-hybridized carbons (Fsp3) is 0.115. The van der Waals surface area contributed by atoms with E-state index in [4.69, 9.17) is 14.2 Å². The summed E-state index contributed by atoms with van der Waals surface area (Å²) in [6.07, 6.45) is 1.43. The van der Waals surface area contributed by atoms with Gasteiger partial charge in [0.15, 0.2) is 0 Å². The maximum Gasteiger partial charge on any atom is 0.251 e. The molecule has 0 bridgehead atoms. The molecule has 1 aromatic heterocycles. The first-order chi connectivity index (χ1) is 16.1. The summed E-state index contributed by atoms with van der Waals surface area (Å²) in [5.41, 5.74) is 2.92. The van der Waals surface area contributed by atoms with Crippen LogP contribution in [0.1, 0.15) is 15.9 Å². The Morgan fingerprint density at radius 1 is 0.818 bits per heavy atom. The molecule has 7 nitrogen and oxygen atoms in total. The normalized spacial score (nSPS) is 10.4. The minimum atomic E-state index is -0.177. The molecule has 0 aliphatic heterocycles. The molecular weight excluding hydrogens is 418 g/mol. The van der Waals surface area contributed by atoms with Gasteiger partial charge < -0.3 is 19.5 Å². The largest absolute Gasteiger partial charge is 0.497 e. The van der Waals surface area contributed by atoms with Gasteiger partial charge in [-0.25, -0.2) is 9.97 Å². The van der Waals surface area contributed by atoms with Crippen LogP contribution in [0.25, 0.3) is 11.3 Å². The molecule has 0 spiro atoms. The number of rotatable bonds is 8. The van der Waals surface area contributed by atoms with Crippen LogP contribution in [0.3, 0.4) is 0 Å². The highest BCUT2D eigenvalue weighted by Crippen LogP contribution is 2.26. The number of hydrogen-bond acceptors (Lipinski definition) is 6. The molecule has 166 valence electrons. The number of carbonyl (C=O) groups is 1. The standard InChI is InChI=1S/C26H23N3O4/c1-31-21-9-11-22(12-10-21)33-25-15-24(28-17-29-25)19-6-4-7-20(14-19)26(30)27-16-18-5-3-8-23(13-18)32-2/h3-15,17H,16H2,1-2H3,(H,27,30). The van der Waals surface area contributed by atoms with E-state index in [0.29, 0.717) is 29.4 Å². The van der Waals surface area contributed by atoms with Crippen molar-refractivity contribution >= 4 is 5.91 Å². The molecule has 1 heterocycles. The lowest BCUT2D eigenvalue weighted by Crippen LogP contribution is -2.22. The first kappa shape index (κ1) is 21.8. The van der Waals surface area contributed by atoms with Crippen LogP contribution in [0.5, 0.6) is 23.1 Å². The summed E-state index contributed by atoms with van der Waals surface area (Å²) in [5.74, 6) is 2.35. The van der Waals surface area contributed by atoms with Crippen molar-refractivity contribution in [3.8, 4) is 34.4 Å². The van der Waals surface area contributed by atoms with Crippen LogP contribution in [0.2, 0.25) is 0 Å². The Morgan fingerprint density at radius 3 is 2.36 bits per heavy atom. The molecular formula is C26H23N3O4. The topological polar surface area (TPSA) is 82.6 Å². The fourth-order valence-electron chi connectivity index (χ4n) is 3.20. The van der Waals surface area contributed by atoms with E-state index < -0.39 is 0 Å². The van der Waals surface area contributed by atoms with Gasteiger partial charge in [0.2, 0.25) is 5.88 Å². The third-order valence-corrected chi connectivity index (χ3v) is 4.93. The summed E-state index contributed by atoms with van der Waals surface area (Å²) in [6.45, 7) is 0.396. The molecule has 0 atom stereocenters. The van der Waals surface area contributed by atoms with Crippen molar-refractivity contribution in [2.45, 2.75) is 6.54 Å². The molecule has 7 heteroatoms. The highest BCUT2D eigenvalue weighted by molar-refractivity contribution is 5.95. The van der Waals surface area contributed by atoms with E-state index in [1.54, 1.807) is 44.6 Å². The number of methoxy groups -OCH3 is 2. The van der Waals surface area contributed by atoms with E-state index in [1.807, 2.05) is 48.5 Å². The van der Waals surface area contributed by atoms with Gasteiger partial charge in [-0.2, -0.15) is 0 Å². The van der Waals surface area contributed by atoms with Crippen LogP contribution >= 0.6 is 0 Å². The first-order valence-electron chi connectivity index (χ1n) is 10.3. The zero-order valence-corrected chi connectivity index (χ0v) is 18.3. The highest BCUT2D eigenvalue weighted by atomic mass is 16.5. The number of hydrogen-bond donors (Lipinski definition) is 1. The maximum absolute atomic E-state index is 12.7. The second-order valence-corrected chi connectivity index (χ2v) is 7.13. The molecule has 1 amide bonds. The predicted octanol–water partition coefficient (Wildman–Crippen LogP) is 4.88. The Labute approximate surface area is 192 Å². The van der Waals surface area contributed by atoms with Crippen molar-refractivity contribution in [2.75, 3.05) is 14.2 Å². The van der Waals surface area contributed by atoms with E-state index in [2.05, 4.69) is 15.3 Å². The van der Waals surface area contributed by atoms with E-state index in [9.17, 15) is 4.79 Å². The lowest BCUT2D eigenvalue weighted by atomic mass is 10.1. The zero-order chi connectivity index (χ0) is 23.0. The van der Waals surface area contributed by atoms with E-state index in [1.165, 1.54) is 6.33 Å². The van der Waals surface area contributed by atoms with Crippen molar-refractivity contribution < 1.29 is 19.0 Å². The molecule has 1 N–H and O–H groups in total. The molecule has 0 saturated carbocycles. The Morgan fingerprint density at radius 2 is 1.58 bits per heavy atom. The smallest absolute Gasteiger partial charge is 0.251 e. The molecule has 0 unspecified atom stereocenters. The lowest BCUT2D eigenvalue weighted by Gasteiger charge is -2.09. The predicted molar refractivity (Wildman–Crippen MR) is 125 cm³/mol. The average Bonchev–Trinajstić information content (AvgIpc) is 2.88. The van der Waals surface area contributed by atoms with Crippen molar-refractivity contribution in [1.82, 2.24) is 15.3 Å². The van der Waals surface area contributed by atoms with Gasteiger partial charge in [-0.1, -0.05) is 24.3 Å². The lowest BCUT2D eigenvalue weighted by molar-refractivity contribution is 0.0951. The van der Waals surface area contributed by atoms with Crippen molar-refractivity contribution in [2.24, 2.45) is 0 Å². The molecule has 0 fully saturated rings. The summed E-state index contributed by atoms with van der Waals surface area (Å²) in [7, 11) is 3.23. The van der Waals surface area contributed by atoms with Crippen LogP contribution in [0.4, 0.5) is 0 Å². The van der Waals surface area contributed by atoms with Crippen molar-refractivity contribution in [1.29, 1.82) is 0 Å². The van der Waals surface area contributed by atoms with Crippen LogP contribution < -0.4 is 19.5 Å². The van der Waals surface area contributed by atoms with Crippen molar-refractivity contribution in [3.05, 3.63) is 96.3 Å². The van der Waals surface area contributed by atoms with Crippen LogP contribution in [0.15, 0.2) is 85.2 Å². The molecule has 3 aromatic carbocycles. The van der Waals surface area contributed by atoms with E-state index in [-0.39, 0.29) is 5.91 Å². The second kappa shape index (κ2) is 10.3. The van der Waals surface area contributed by atoms with Gasteiger partial charge in [0.05, 0.1) is 19.9 Å². The Kier molecular flexibility index (Phi) is 6.80. The highest BCUT2D eigenvalue weighted by Gasteiger charge is 2.10. The van der Waals surface area contributed by atoms with Gasteiger partial charge in [0, 0.05) is 23.7 Å². The monoisotopic (exact) mass is 441 g/mol. The quantitative estimate of drug-likeness (QED) is 0.420. The third kappa shape index (κ3) is 5.65. The number of ether oxygens (including phenoxy) is 3. The minimum Gasteiger partial charge on any atom is -0.497 e. The summed E-state index contributed by atoms with van der Waals surface area (Å²) >= 11 is 0. The number of aromatic nitrogens is 2. The van der Waals surface area contributed by atoms with Gasteiger partial charge in [0.1, 0.15) is 23.6 Å². The first-order valence-corrected chi connectivity index (χ1v) is 10.3. The zero-order valence-electron chi connectivity index (χ0n) is 18.3. The van der Waals surface area contributed by atoms with Gasteiger partial charge in [0.25, 0.3) is 5.91 Å². The maximum atomic E-state index is 12.7. The summed E-state index contributed by atoms with van der Waals surface area (Å²) in [5, 5.41) is 2.94. The van der Waals surface area contributed by atoms with Gasteiger partial charge in [-0.15, -0.1) is 0 Å². The molecule has 0 radical (unpaired) electrons. The van der Waals surface area contributed by atoms with Crippen LogP contribution in [-0.4, -0.2) is 30.1 Å². The number of nitrogens with one attached hydrogen (secondary N) is 1. The van der Waals surface area contributed by atoms with Crippen LogP contribution in [-0.2, 0) is 6.54 Å². The Balaban J connectivity index is 1.46. The van der Waals surface area contributed by atoms with Crippen molar-refractivity contribution in [3.63, 3.8) is 0 Å². The summed E-state index contributed by atoms with van der Waals surface area (Å²) in [6, 6.07) is 23.8. The second-order valence-electron chi connectivity index (χ2n) is 7.13.